The molecule has 1 rings (SSSR count). The van der Waals surface area contributed by atoms with Crippen LogP contribution < -0.4 is 0 Å². The minimum Gasteiger partial charge on any atom is -0.481 e. The summed E-state index contributed by atoms with van der Waals surface area (Å²) in [4.78, 5) is 10.9. The van der Waals surface area contributed by atoms with E-state index in [1.54, 1.807) is 0 Å². The Hall–Kier alpha value is -0.830. The van der Waals surface area contributed by atoms with Crippen LogP contribution >= 0.6 is 0 Å². The number of aliphatic carboxylic acids is 1. The van der Waals surface area contributed by atoms with Crippen molar-refractivity contribution in [3.63, 3.8) is 0 Å². The average Bonchev–Trinajstić information content (AvgIpc) is 2.36. The quantitative estimate of drug-likeness (QED) is 0.820. The fourth-order valence-electron chi connectivity index (χ4n) is 2.10. The molecule has 0 aromatic rings. The van der Waals surface area contributed by atoms with Gasteiger partial charge in [0.1, 0.15) is 0 Å². The molecule has 0 bridgehead atoms. The van der Waals surface area contributed by atoms with Crippen LogP contribution in [-0.4, -0.2) is 49.3 Å². The van der Waals surface area contributed by atoms with Crippen molar-refractivity contribution in [1.29, 1.82) is 0 Å². The monoisotopic (exact) mass is 289 g/mol. The summed E-state index contributed by atoms with van der Waals surface area (Å²) >= 11 is 0. The van der Waals surface area contributed by atoms with Gasteiger partial charge in [0.05, 0.1) is 18.1 Å². The van der Waals surface area contributed by atoms with Crippen molar-refractivity contribution in [2.45, 2.75) is 19.0 Å². The molecule has 0 radical (unpaired) electrons. The number of carboxylic acid groups (broad SMARTS) is 1. The van der Waals surface area contributed by atoms with Crippen LogP contribution in [0.15, 0.2) is 0 Å². The molecule has 18 heavy (non-hydrogen) atoms. The number of alkyl halides is 3. The summed E-state index contributed by atoms with van der Waals surface area (Å²) in [6.45, 7) is -0.491. The third kappa shape index (κ3) is 3.58. The molecule has 5 nitrogen and oxygen atoms in total. The second-order valence-electron chi connectivity index (χ2n) is 4.33. The highest BCUT2D eigenvalue weighted by atomic mass is 32.2. The highest BCUT2D eigenvalue weighted by molar-refractivity contribution is 7.88. The van der Waals surface area contributed by atoms with E-state index in [1.807, 2.05) is 0 Å². The standard InChI is InChI=1S/C9H14F3NO4S/c1-18(16,17)13-4-2-6(8(14)15)7(3-5-13)9(10,11)12/h6-7H,2-5H2,1H3,(H,14,15). The van der Waals surface area contributed by atoms with Gasteiger partial charge in [-0.25, -0.2) is 12.7 Å². The molecule has 1 heterocycles. The largest absolute Gasteiger partial charge is 0.481 e. The second kappa shape index (κ2) is 5.04. The van der Waals surface area contributed by atoms with Crippen LogP contribution in [0.4, 0.5) is 13.2 Å². The number of sulfonamides is 1. The lowest BCUT2D eigenvalue weighted by Crippen LogP contribution is -2.34. The van der Waals surface area contributed by atoms with E-state index in [9.17, 15) is 26.4 Å². The lowest BCUT2D eigenvalue weighted by Gasteiger charge is -2.23. The number of carbonyl (C=O) groups is 1. The Morgan fingerprint density at radius 2 is 1.78 bits per heavy atom. The predicted octanol–water partition coefficient (Wildman–Crippen LogP) is 0.921. The van der Waals surface area contributed by atoms with Crippen molar-refractivity contribution in [2.75, 3.05) is 19.3 Å². The van der Waals surface area contributed by atoms with Crippen molar-refractivity contribution in [3.8, 4) is 0 Å². The molecular weight excluding hydrogens is 275 g/mol. The van der Waals surface area contributed by atoms with E-state index >= 15 is 0 Å². The molecule has 1 aliphatic rings. The van der Waals surface area contributed by atoms with Gasteiger partial charge in [-0.15, -0.1) is 0 Å². The van der Waals surface area contributed by atoms with E-state index in [2.05, 4.69) is 0 Å². The summed E-state index contributed by atoms with van der Waals surface area (Å²) in [5.74, 6) is -5.12. The molecule has 9 heteroatoms. The highest BCUT2D eigenvalue weighted by Crippen LogP contribution is 2.38. The molecule has 1 N–H and O–H groups in total. The van der Waals surface area contributed by atoms with Crippen LogP contribution in [0.1, 0.15) is 12.8 Å². The zero-order chi connectivity index (χ0) is 14.1. The van der Waals surface area contributed by atoms with Crippen molar-refractivity contribution >= 4 is 16.0 Å². The Balaban J connectivity index is 2.96. The molecule has 106 valence electrons. The number of nitrogens with zero attached hydrogens (tertiary/aromatic N) is 1. The first-order chi connectivity index (χ1) is 8.03. The lowest BCUT2D eigenvalue weighted by molar-refractivity contribution is -0.197. The van der Waals surface area contributed by atoms with Crippen LogP contribution in [0.5, 0.6) is 0 Å². The van der Waals surface area contributed by atoms with E-state index in [4.69, 9.17) is 5.11 Å². The SMILES string of the molecule is CS(=O)(=O)N1CCC(C(=O)O)C(C(F)(F)F)CC1. The summed E-state index contributed by atoms with van der Waals surface area (Å²) in [6.07, 6.45) is -4.58. The van der Waals surface area contributed by atoms with Gasteiger partial charge >= 0.3 is 12.1 Å². The molecule has 0 aromatic carbocycles. The van der Waals surface area contributed by atoms with Gasteiger partial charge in [-0.2, -0.15) is 13.2 Å². The number of halogens is 3. The Bertz CT molecular complexity index is 420. The molecular formula is C9H14F3NO4S. The maximum atomic E-state index is 12.7. The fraction of sp³-hybridized carbons (Fsp3) is 0.889. The van der Waals surface area contributed by atoms with Crippen LogP contribution in [0.3, 0.4) is 0 Å². The van der Waals surface area contributed by atoms with E-state index in [-0.39, 0.29) is 19.5 Å². The van der Waals surface area contributed by atoms with E-state index in [0.717, 1.165) is 10.6 Å². The fourth-order valence-corrected chi connectivity index (χ4v) is 2.97. The zero-order valence-electron chi connectivity index (χ0n) is 9.64. The Labute approximate surface area is 103 Å². The summed E-state index contributed by atoms with van der Waals surface area (Å²) in [7, 11) is -3.59. The zero-order valence-corrected chi connectivity index (χ0v) is 10.5. The smallest absolute Gasteiger partial charge is 0.392 e. The maximum absolute atomic E-state index is 12.7. The van der Waals surface area contributed by atoms with E-state index in [1.165, 1.54) is 0 Å². The molecule has 1 aliphatic heterocycles. The molecule has 1 saturated heterocycles. The molecule has 1 fully saturated rings. The summed E-state index contributed by atoms with van der Waals surface area (Å²) in [5.41, 5.74) is 0. The van der Waals surface area contributed by atoms with Crippen molar-refractivity contribution in [1.82, 2.24) is 4.31 Å². The summed E-state index contributed by atoms with van der Waals surface area (Å²) in [5, 5.41) is 8.82. The van der Waals surface area contributed by atoms with Gasteiger partial charge in [-0.1, -0.05) is 0 Å². The first-order valence-corrected chi connectivity index (χ1v) is 7.13. The minimum absolute atomic E-state index is 0.192. The molecule has 0 amide bonds. The van der Waals surface area contributed by atoms with Gasteiger partial charge in [-0.3, -0.25) is 4.79 Å². The van der Waals surface area contributed by atoms with Crippen LogP contribution in [0.2, 0.25) is 0 Å². The normalized spacial score (nSPS) is 27.8. The molecule has 2 atom stereocenters. The van der Waals surface area contributed by atoms with E-state index < -0.39 is 40.4 Å². The Morgan fingerprint density at radius 3 is 2.17 bits per heavy atom. The predicted molar refractivity (Wildman–Crippen MR) is 56.3 cm³/mol. The van der Waals surface area contributed by atoms with Crippen molar-refractivity contribution < 1.29 is 31.5 Å². The Kier molecular flexibility index (Phi) is 4.26. The average molecular weight is 289 g/mol. The minimum atomic E-state index is -4.63. The van der Waals surface area contributed by atoms with Crippen molar-refractivity contribution in [2.24, 2.45) is 11.8 Å². The number of hydrogen-bond donors (Lipinski definition) is 1. The van der Waals surface area contributed by atoms with Gasteiger partial charge in [-0.05, 0) is 12.8 Å². The van der Waals surface area contributed by atoms with E-state index in [0.29, 0.717) is 0 Å². The molecule has 0 aromatic heterocycles. The summed E-state index contributed by atoms with van der Waals surface area (Å²) in [6, 6.07) is 0. The lowest BCUT2D eigenvalue weighted by atomic mass is 9.87. The topological polar surface area (TPSA) is 74.7 Å². The van der Waals surface area contributed by atoms with Gasteiger partial charge < -0.3 is 5.11 Å². The molecule has 2 unspecified atom stereocenters. The second-order valence-corrected chi connectivity index (χ2v) is 6.31. The number of rotatable bonds is 2. The highest BCUT2D eigenvalue weighted by Gasteiger charge is 2.48. The molecule has 0 aliphatic carbocycles. The summed E-state index contributed by atoms with van der Waals surface area (Å²) < 4.78 is 61.6. The molecule has 0 saturated carbocycles. The first kappa shape index (κ1) is 15.2. The van der Waals surface area contributed by atoms with Crippen LogP contribution in [0, 0.1) is 11.8 Å². The van der Waals surface area contributed by atoms with Crippen LogP contribution in [-0.2, 0) is 14.8 Å². The maximum Gasteiger partial charge on any atom is 0.392 e. The number of carboxylic acids is 1. The third-order valence-electron chi connectivity index (χ3n) is 3.07. The number of hydrogen-bond acceptors (Lipinski definition) is 3. The van der Waals surface area contributed by atoms with Gasteiger partial charge in [0.15, 0.2) is 0 Å². The third-order valence-corrected chi connectivity index (χ3v) is 4.37. The van der Waals surface area contributed by atoms with Gasteiger partial charge in [0.25, 0.3) is 0 Å². The van der Waals surface area contributed by atoms with Crippen LogP contribution in [0.25, 0.3) is 0 Å². The Morgan fingerprint density at radius 1 is 1.28 bits per heavy atom. The first-order valence-electron chi connectivity index (χ1n) is 5.28. The van der Waals surface area contributed by atoms with Gasteiger partial charge in [0.2, 0.25) is 10.0 Å². The molecule has 0 spiro atoms. The van der Waals surface area contributed by atoms with Gasteiger partial charge in [0, 0.05) is 13.1 Å². The van der Waals surface area contributed by atoms with Crippen molar-refractivity contribution in [3.05, 3.63) is 0 Å².